The topological polar surface area (TPSA) is 68.0 Å². The molecule has 8 nitrogen and oxygen atoms in total. The van der Waals surface area contributed by atoms with Crippen LogP contribution in [-0.2, 0) is 6.54 Å². The van der Waals surface area contributed by atoms with Gasteiger partial charge in [-0.05, 0) is 48.9 Å². The van der Waals surface area contributed by atoms with Crippen LogP contribution in [0.5, 0.6) is 11.5 Å². The van der Waals surface area contributed by atoms with Crippen LogP contribution in [0.4, 0.5) is 5.95 Å². The van der Waals surface area contributed by atoms with Crippen LogP contribution < -0.4 is 14.4 Å². The van der Waals surface area contributed by atoms with E-state index >= 15 is 0 Å². The summed E-state index contributed by atoms with van der Waals surface area (Å²) in [5, 5.41) is 10.2. The number of hydrogen-bond donors (Lipinski definition) is 0. The van der Waals surface area contributed by atoms with Crippen molar-refractivity contribution >= 4 is 22.5 Å². The molecule has 1 atom stereocenters. The summed E-state index contributed by atoms with van der Waals surface area (Å²) in [5.74, 6) is 3.29. The summed E-state index contributed by atoms with van der Waals surface area (Å²) in [7, 11) is 3.37. The molecule has 1 aliphatic heterocycles. The fraction of sp³-hybridized carbons (Fsp3) is 0.276. The zero-order valence-electron chi connectivity index (χ0n) is 21.3. The van der Waals surface area contributed by atoms with Crippen LogP contribution in [0.2, 0.25) is 0 Å². The number of para-hydroxylation sites is 1. The highest BCUT2D eigenvalue weighted by Gasteiger charge is 2.28. The minimum Gasteiger partial charge on any atom is -0.497 e. The second-order valence-electron chi connectivity index (χ2n) is 9.46. The van der Waals surface area contributed by atoms with Crippen molar-refractivity contribution in [2.24, 2.45) is 0 Å². The first-order valence-electron chi connectivity index (χ1n) is 12.5. The lowest BCUT2D eigenvalue weighted by molar-refractivity contribution is 0.180. The number of nitrogens with zero attached hydrogens (tertiary/aromatic N) is 6. The Balaban J connectivity index is 1.36. The summed E-state index contributed by atoms with van der Waals surface area (Å²) in [6.45, 7) is 5.83. The highest BCUT2D eigenvalue weighted by Crippen LogP contribution is 2.31. The monoisotopic (exact) mass is 494 g/mol. The molecule has 6 rings (SSSR count). The van der Waals surface area contributed by atoms with Gasteiger partial charge in [0.05, 0.1) is 19.7 Å². The van der Waals surface area contributed by atoms with Crippen LogP contribution in [0, 0.1) is 0 Å². The minimum absolute atomic E-state index is 0.343. The number of rotatable bonds is 6. The SMILES string of the molecule is COc1ccc(CN2CCN(c3nc4ccccc4c4nnc(-c5cccc(OC)c5)n34)CC2C)cc1. The van der Waals surface area contributed by atoms with Crippen LogP contribution >= 0.6 is 0 Å². The van der Waals surface area contributed by atoms with Gasteiger partial charge in [-0.2, -0.15) is 0 Å². The van der Waals surface area contributed by atoms with Gasteiger partial charge in [0.1, 0.15) is 11.5 Å². The average molecular weight is 495 g/mol. The zero-order chi connectivity index (χ0) is 25.4. The number of ether oxygens (including phenoxy) is 2. The van der Waals surface area contributed by atoms with E-state index in [0.29, 0.717) is 6.04 Å². The third-order valence-electron chi connectivity index (χ3n) is 7.15. The molecule has 0 saturated carbocycles. The standard InChI is InChI=1S/C29H30N6O2/c1-20-18-34(16-15-33(20)19-21-11-13-23(36-2)14-12-21)29-30-26-10-5-4-9-25(26)28-32-31-27(35(28)29)22-7-6-8-24(17-22)37-3/h4-14,17,20H,15-16,18-19H2,1-3H3. The molecule has 0 aliphatic carbocycles. The number of piperazine rings is 1. The van der Waals surface area contributed by atoms with E-state index in [9.17, 15) is 0 Å². The van der Waals surface area contributed by atoms with E-state index in [-0.39, 0.29) is 0 Å². The van der Waals surface area contributed by atoms with E-state index in [2.05, 4.69) is 49.5 Å². The van der Waals surface area contributed by atoms with Crippen molar-refractivity contribution in [1.82, 2.24) is 24.5 Å². The number of hydrogen-bond acceptors (Lipinski definition) is 7. The molecule has 3 aromatic carbocycles. The van der Waals surface area contributed by atoms with Crippen molar-refractivity contribution in [3.8, 4) is 22.9 Å². The molecule has 37 heavy (non-hydrogen) atoms. The second-order valence-corrected chi connectivity index (χ2v) is 9.46. The van der Waals surface area contributed by atoms with Crippen molar-refractivity contribution in [3.05, 3.63) is 78.4 Å². The predicted molar refractivity (Wildman–Crippen MR) is 145 cm³/mol. The van der Waals surface area contributed by atoms with Gasteiger partial charge in [-0.1, -0.05) is 36.4 Å². The Hall–Kier alpha value is -4.17. The average Bonchev–Trinajstić information content (AvgIpc) is 3.40. The van der Waals surface area contributed by atoms with Gasteiger partial charge >= 0.3 is 0 Å². The van der Waals surface area contributed by atoms with Crippen molar-refractivity contribution < 1.29 is 9.47 Å². The van der Waals surface area contributed by atoms with E-state index in [1.165, 1.54) is 5.56 Å². The van der Waals surface area contributed by atoms with Gasteiger partial charge in [-0.25, -0.2) is 9.38 Å². The van der Waals surface area contributed by atoms with Gasteiger partial charge in [0.2, 0.25) is 5.95 Å². The van der Waals surface area contributed by atoms with Gasteiger partial charge in [0, 0.05) is 43.2 Å². The lowest BCUT2D eigenvalue weighted by Crippen LogP contribution is -2.52. The number of benzene rings is 3. The summed E-state index contributed by atoms with van der Waals surface area (Å²) in [5.41, 5.74) is 3.96. The lowest BCUT2D eigenvalue weighted by atomic mass is 10.1. The Kier molecular flexibility index (Phi) is 6.10. The van der Waals surface area contributed by atoms with Crippen LogP contribution in [0.15, 0.2) is 72.8 Å². The highest BCUT2D eigenvalue weighted by molar-refractivity contribution is 5.93. The van der Waals surface area contributed by atoms with Crippen molar-refractivity contribution in [3.63, 3.8) is 0 Å². The molecular weight excluding hydrogens is 464 g/mol. The Morgan fingerprint density at radius 3 is 2.46 bits per heavy atom. The molecule has 0 radical (unpaired) electrons. The first kappa shape index (κ1) is 23.2. The summed E-state index contributed by atoms with van der Waals surface area (Å²) < 4.78 is 12.9. The van der Waals surface area contributed by atoms with Crippen molar-refractivity contribution in [2.45, 2.75) is 19.5 Å². The van der Waals surface area contributed by atoms with Crippen LogP contribution in [-0.4, -0.2) is 64.4 Å². The van der Waals surface area contributed by atoms with Gasteiger partial charge < -0.3 is 14.4 Å². The molecule has 3 heterocycles. The van der Waals surface area contributed by atoms with Crippen LogP contribution in [0.3, 0.4) is 0 Å². The van der Waals surface area contributed by atoms with Gasteiger partial charge in [-0.3, -0.25) is 4.90 Å². The molecule has 2 aromatic heterocycles. The van der Waals surface area contributed by atoms with Crippen molar-refractivity contribution in [2.75, 3.05) is 38.8 Å². The molecule has 0 amide bonds. The Labute approximate surface area is 216 Å². The molecule has 1 fully saturated rings. The van der Waals surface area contributed by atoms with E-state index in [1.54, 1.807) is 14.2 Å². The molecule has 0 N–H and O–H groups in total. The van der Waals surface area contributed by atoms with E-state index in [4.69, 9.17) is 14.5 Å². The number of aromatic nitrogens is 4. The molecule has 0 spiro atoms. The largest absolute Gasteiger partial charge is 0.497 e. The molecule has 0 bridgehead atoms. The van der Waals surface area contributed by atoms with Crippen molar-refractivity contribution in [1.29, 1.82) is 0 Å². The summed E-state index contributed by atoms with van der Waals surface area (Å²) in [6.07, 6.45) is 0. The predicted octanol–water partition coefficient (Wildman–Crippen LogP) is 4.67. The summed E-state index contributed by atoms with van der Waals surface area (Å²) in [4.78, 5) is 10.0. The van der Waals surface area contributed by atoms with Gasteiger partial charge in [0.25, 0.3) is 0 Å². The minimum atomic E-state index is 0.343. The summed E-state index contributed by atoms with van der Waals surface area (Å²) in [6, 6.07) is 24.8. The normalized spacial score (nSPS) is 16.4. The fourth-order valence-electron chi connectivity index (χ4n) is 5.10. The van der Waals surface area contributed by atoms with Gasteiger partial charge in [0.15, 0.2) is 11.5 Å². The lowest BCUT2D eigenvalue weighted by Gasteiger charge is -2.40. The molecule has 1 saturated heterocycles. The third kappa shape index (κ3) is 4.34. The second kappa shape index (κ2) is 9.71. The Morgan fingerprint density at radius 2 is 1.68 bits per heavy atom. The van der Waals surface area contributed by atoms with E-state index < -0.39 is 0 Å². The molecule has 8 heteroatoms. The molecule has 5 aromatic rings. The third-order valence-corrected chi connectivity index (χ3v) is 7.15. The number of methoxy groups -OCH3 is 2. The first-order valence-corrected chi connectivity index (χ1v) is 12.5. The number of fused-ring (bicyclic) bond motifs is 3. The molecule has 188 valence electrons. The highest BCUT2D eigenvalue weighted by atomic mass is 16.5. The maximum Gasteiger partial charge on any atom is 0.213 e. The fourth-order valence-corrected chi connectivity index (χ4v) is 5.10. The van der Waals surface area contributed by atoms with Gasteiger partial charge in [-0.15, -0.1) is 10.2 Å². The molecule has 1 unspecified atom stereocenters. The van der Waals surface area contributed by atoms with E-state index in [1.807, 2.05) is 54.6 Å². The molecule has 1 aliphatic rings. The number of anilines is 1. The Bertz CT molecular complexity index is 1550. The molecular formula is C29H30N6O2. The zero-order valence-corrected chi connectivity index (χ0v) is 21.3. The maximum absolute atomic E-state index is 5.47. The maximum atomic E-state index is 5.47. The first-order chi connectivity index (χ1) is 18.1. The summed E-state index contributed by atoms with van der Waals surface area (Å²) >= 11 is 0. The van der Waals surface area contributed by atoms with Crippen LogP contribution in [0.1, 0.15) is 12.5 Å². The van der Waals surface area contributed by atoms with Crippen LogP contribution in [0.25, 0.3) is 27.9 Å². The Morgan fingerprint density at radius 1 is 0.865 bits per heavy atom. The quantitative estimate of drug-likeness (QED) is 0.340. The smallest absolute Gasteiger partial charge is 0.213 e. The van der Waals surface area contributed by atoms with E-state index in [0.717, 1.165) is 71.6 Å².